The summed E-state index contributed by atoms with van der Waals surface area (Å²) in [6.07, 6.45) is 7.88. The molecule has 0 radical (unpaired) electrons. The minimum Gasteiger partial charge on any atom is -0.548 e. The van der Waals surface area contributed by atoms with Crippen molar-refractivity contribution in [2.75, 3.05) is 6.61 Å². The van der Waals surface area contributed by atoms with Crippen LogP contribution in [0.4, 0.5) is 0 Å². The third kappa shape index (κ3) is 6.75. The molecule has 3 heteroatoms. The van der Waals surface area contributed by atoms with Crippen molar-refractivity contribution >= 4 is 8.32 Å². The summed E-state index contributed by atoms with van der Waals surface area (Å²) < 4.78 is 12.0. The number of benzene rings is 1. The van der Waals surface area contributed by atoms with Crippen molar-refractivity contribution in [1.29, 1.82) is 0 Å². The standard InChI is InChI=1S/C20H30O2Si/c1-17(22-23(2,3)4)14-19-12-8-9-13-20(19)16-21-15-18-10-6-5-7-11-18/h5-8,10-12,19-20H,1,9,13-16H2,2-4H3/t19-,20+/m0/s1. The maximum Gasteiger partial charge on any atom is 0.241 e. The van der Waals surface area contributed by atoms with Gasteiger partial charge in [-0.15, -0.1) is 0 Å². The molecule has 0 N–H and O–H groups in total. The second-order valence-electron chi connectivity index (χ2n) is 7.39. The lowest BCUT2D eigenvalue weighted by molar-refractivity contribution is 0.0667. The van der Waals surface area contributed by atoms with E-state index in [0.29, 0.717) is 18.4 Å². The minimum absolute atomic E-state index is 0.489. The van der Waals surface area contributed by atoms with Crippen molar-refractivity contribution in [3.05, 3.63) is 60.4 Å². The van der Waals surface area contributed by atoms with Crippen molar-refractivity contribution in [2.24, 2.45) is 11.8 Å². The average molecular weight is 331 g/mol. The van der Waals surface area contributed by atoms with Gasteiger partial charge in [0.05, 0.1) is 19.0 Å². The molecule has 1 aromatic carbocycles. The van der Waals surface area contributed by atoms with E-state index >= 15 is 0 Å². The Morgan fingerprint density at radius 1 is 1.22 bits per heavy atom. The SMILES string of the molecule is C=C(C[C@@H]1C=CCC[C@@H]1COCc1ccccc1)O[Si](C)(C)C. The summed E-state index contributed by atoms with van der Waals surface area (Å²) in [5, 5.41) is 0. The summed E-state index contributed by atoms with van der Waals surface area (Å²) in [5.41, 5.74) is 1.24. The first-order chi connectivity index (χ1) is 10.9. The molecule has 0 aliphatic heterocycles. The molecule has 0 amide bonds. The fourth-order valence-electron chi connectivity index (χ4n) is 3.03. The second kappa shape index (κ2) is 8.51. The molecule has 1 aromatic rings. The molecule has 126 valence electrons. The molecular formula is C20H30O2Si. The predicted molar refractivity (Wildman–Crippen MR) is 99.6 cm³/mol. The molecular weight excluding hydrogens is 300 g/mol. The molecule has 1 aliphatic rings. The van der Waals surface area contributed by atoms with Gasteiger partial charge in [0, 0.05) is 6.42 Å². The van der Waals surface area contributed by atoms with Crippen LogP contribution in [-0.4, -0.2) is 14.9 Å². The van der Waals surface area contributed by atoms with Crippen molar-refractivity contribution < 1.29 is 9.16 Å². The van der Waals surface area contributed by atoms with E-state index in [1.165, 1.54) is 12.0 Å². The van der Waals surface area contributed by atoms with Crippen LogP contribution in [-0.2, 0) is 15.8 Å². The Balaban J connectivity index is 1.82. The third-order valence-corrected chi connectivity index (χ3v) is 4.95. The quantitative estimate of drug-likeness (QED) is 0.354. The van der Waals surface area contributed by atoms with E-state index in [0.717, 1.165) is 25.2 Å². The molecule has 0 saturated heterocycles. The summed E-state index contributed by atoms with van der Waals surface area (Å²) in [4.78, 5) is 0. The Morgan fingerprint density at radius 2 is 1.96 bits per heavy atom. The maximum atomic E-state index is 6.03. The first kappa shape index (κ1) is 18.0. The van der Waals surface area contributed by atoms with Crippen molar-refractivity contribution in [2.45, 2.75) is 45.5 Å². The highest BCUT2D eigenvalue weighted by Gasteiger charge is 2.25. The highest BCUT2D eigenvalue weighted by molar-refractivity contribution is 6.70. The van der Waals surface area contributed by atoms with E-state index in [1.807, 2.05) is 6.07 Å². The van der Waals surface area contributed by atoms with Gasteiger partial charge in [0.25, 0.3) is 0 Å². The zero-order valence-electron chi connectivity index (χ0n) is 14.8. The molecule has 0 spiro atoms. The van der Waals surface area contributed by atoms with E-state index in [9.17, 15) is 0 Å². The third-order valence-electron chi connectivity index (χ3n) is 4.05. The van der Waals surface area contributed by atoms with Crippen molar-refractivity contribution in [3.8, 4) is 0 Å². The number of ether oxygens (including phenoxy) is 1. The molecule has 0 aromatic heterocycles. The first-order valence-electron chi connectivity index (χ1n) is 8.59. The molecule has 23 heavy (non-hydrogen) atoms. The number of rotatable bonds is 8. The highest BCUT2D eigenvalue weighted by atomic mass is 28.4. The molecule has 2 rings (SSSR count). The van der Waals surface area contributed by atoms with Gasteiger partial charge in [0.2, 0.25) is 8.32 Å². The maximum absolute atomic E-state index is 6.03. The minimum atomic E-state index is -1.55. The van der Waals surface area contributed by atoms with Crippen molar-refractivity contribution in [3.63, 3.8) is 0 Å². The predicted octanol–water partition coefficient (Wildman–Crippen LogP) is 5.54. The highest BCUT2D eigenvalue weighted by Crippen LogP contribution is 2.31. The fourth-order valence-corrected chi connectivity index (χ4v) is 3.98. The Hall–Kier alpha value is -1.32. The molecule has 0 unspecified atom stereocenters. The fraction of sp³-hybridized carbons (Fsp3) is 0.500. The lowest BCUT2D eigenvalue weighted by Gasteiger charge is -2.30. The van der Waals surface area contributed by atoms with Crippen LogP contribution in [0.1, 0.15) is 24.8 Å². The number of allylic oxidation sites excluding steroid dienone is 3. The molecule has 0 fully saturated rings. The van der Waals surface area contributed by atoms with Crippen LogP contribution in [0.15, 0.2) is 54.8 Å². The molecule has 2 nitrogen and oxygen atoms in total. The van der Waals surface area contributed by atoms with Gasteiger partial charge in [-0.3, -0.25) is 0 Å². The van der Waals surface area contributed by atoms with E-state index in [-0.39, 0.29) is 0 Å². The van der Waals surface area contributed by atoms with Crippen LogP contribution in [0.5, 0.6) is 0 Å². The second-order valence-corrected chi connectivity index (χ2v) is 11.8. The Labute approximate surface area is 142 Å². The van der Waals surface area contributed by atoms with Gasteiger partial charge in [-0.2, -0.15) is 0 Å². The zero-order chi connectivity index (χ0) is 16.7. The van der Waals surface area contributed by atoms with Gasteiger partial charge in [-0.1, -0.05) is 49.1 Å². The summed E-state index contributed by atoms with van der Waals surface area (Å²) in [7, 11) is -1.55. The van der Waals surface area contributed by atoms with Gasteiger partial charge in [-0.05, 0) is 49.9 Å². The lowest BCUT2D eigenvalue weighted by atomic mass is 9.82. The van der Waals surface area contributed by atoms with Gasteiger partial charge in [0.1, 0.15) is 0 Å². The number of hydrogen-bond acceptors (Lipinski definition) is 2. The van der Waals surface area contributed by atoms with Gasteiger partial charge >= 0.3 is 0 Å². The van der Waals surface area contributed by atoms with E-state index in [1.54, 1.807) is 0 Å². The smallest absolute Gasteiger partial charge is 0.241 e. The van der Waals surface area contributed by atoms with Gasteiger partial charge < -0.3 is 9.16 Å². The topological polar surface area (TPSA) is 18.5 Å². The zero-order valence-corrected chi connectivity index (χ0v) is 15.8. The van der Waals surface area contributed by atoms with Gasteiger partial charge in [0.15, 0.2) is 0 Å². The van der Waals surface area contributed by atoms with E-state index in [4.69, 9.17) is 9.16 Å². The molecule has 0 heterocycles. The Morgan fingerprint density at radius 3 is 2.65 bits per heavy atom. The first-order valence-corrected chi connectivity index (χ1v) is 12.0. The van der Waals surface area contributed by atoms with Crippen LogP contribution >= 0.6 is 0 Å². The Kier molecular flexibility index (Phi) is 6.67. The summed E-state index contributed by atoms with van der Waals surface area (Å²) in [6, 6.07) is 10.4. The Bertz CT molecular complexity index is 516. The molecule has 1 aliphatic carbocycles. The lowest BCUT2D eigenvalue weighted by Crippen LogP contribution is -2.27. The summed E-state index contributed by atoms with van der Waals surface area (Å²) in [5.74, 6) is 1.99. The largest absolute Gasteiger partial charge is 0.548 e. The normalized spacial score (nSPS) is 21.2. The summed E-state index contributed by atoms with van der Waals surface area (Å²) in [6.45, 7) is 12.2. The molecule has 2 atom stereocenters. The van der Waals surface area contributed by atoms with Crippen LogP contribution in [0, 0.1) is 11.8 Å². The van der Waals surface area contributed by atoms with Crippen LogP contribution < -0.4 is 0 Å². The average Bonchev–Trinajstić information content (AvgIpc) is 2.48. The molecule has 0 bridgehead atoms. The van der Waals surface area contributed by atoms with E-state index in [2.05, 4.69) is 62.6 Å². The van der Waals surface area contributed by atoms with Crippen LogP contribution in [0.25, 0.3) is 0 Å². The van der Waals surface area contributed by atoms with E-state index < -0.39 is 8.32 Å². The monoisotopic (exact) mass is 330 g/mol. The molecule has 0 saturated carbocycles. The van der Waals surface area contributed by atoms with Gasteiger partial charge in [-0.25, -0.2) is 0 Å². The van der Waals surface area contributed by atoms with Crippen LogP contribution in [0.2, 0.25) is 19.6 Å². The summed E-state index contributed by atoms with van der Waals surface area (Å²) >= 11 is 0. The van der Waals surface area contributed by atoms with Crippen LogP contribution in [0.3, 0.4) is 0 Å². The number of hydrogen-bond donors (Lipinski definition) is 0. The van der Waals surface area contributed by atoms with Crippen molar-refractivity contribution in [1.82, 2.24) is 0 Å².